The van der Waals surface area contributed by atoms with Crippen molar-refractivity contribution >= 4 is 17.3 Å². The molecule has 1 aromatic carbocycles. The van der Waals surface area contributed by atoms with Gasteiger partial charge in [-0.15, -0.1) is 0 Å². The first-order chi connectivity index (χ1) is 15.7. The van der Waals surface area contributed by atoms with Crippen molar-refractivity contribution < 1.29 is 32.1 Å². The Morgan fingerprint density at radius 2 is 1.82 bits per heavy atom. The Morgan fingerprint density at radius 3 is 2.45 bits per heavy atom. The van der Waals surface area contributed by atoms with Crippen molar-refractivity contribution in [3.8, 4) is 5.88 Å². The summed E-state index contributed by atoms with van der Waals surface area (Å²) in [5.41, 5.74) is -0.876. The van der Waals surface area contributed by atoms with Crippen molar-refractivity contribution in [1.82, 2.24) is 9.97 Å². The summed E-state index contributed by atoms with van der Waals surface area (Å²) in [4.78, 5) is 10.2. The summed E-state index contributed by atoms with van der Waals surface area (Å²) in [5.74, 6) is -1.12. The van der Waals surface area contributed by atoms with E-state index in [-0.39, 0.29) is 37.2 Å². The standard InChI is InChI=1S/C22H26F4N4O3/c23-18-13-27-20(28-16-1-3-17(4-2-16)30-9-11-32-12-10-30)29-19(18)33-14-15-5-7-21(31,8-6-15)22(24,25)26/h1-4,13,15,31H,5-12,14H2,(H,27,28,29). The highest BCUT2D eigenvalue weighted by Gasteiger charge is 2.54. The third-order valence-electron chi connectivity index (χ3n) is 6.13. The maximum Gasteiger partial charge on any atom is 0.417 e. The smallest absolute Gasteiger partial charge is 0.417 e. The monoisotopic (exact) mass is 470 g/mol. The molecule has 7 nitrogen and oxygen atoms in total. The lowest BCUT2D eigenvalue weighted by Crippen LogP contribution is -2.48. The molecular formula is C22H26F4N4O3. The maximum absolute atomic E-state index is 14.1. The Morgan fingerprint density at radius 1 is 1.15 bits per heavy atom. The van der Waals surface area contributed by atoms with Crippen LogP contribution < -0.4 is 15.0 Å². The second-order valence-electron chi connectivity index (χ2n) is 8.40. The molecule has 33 heavy (non-hydrogen) atoms. The number of benzene rings is 1. The zero-order valence-electron chi connectivity index (χ0n) is 17.9. The van der Waals surface area contributed by atoms with Gasteiger partial charge in [-0.1, -0.05) is 0 Å². The summed E-state index contributed by atoms with van der Waals surface area (Å²) >= 11 is 0. The van der Waals surface area contributed by atoms with Gasteiger partial charge in [0.1, 0.15) is 0 Å². The first-order valence-electron chi connectivity index (χ1n) is 10.9. The molecule has 4 rings (SSSR count). The predicted octanol–water partition coefficient (Wildman–Crippen LogP) is 4.06. The Hall–Kier alpha value is -2.66. The molecule has 1 aromatic heterocycles. The molecule has 2 fully saturated rings. The molecule has 2 heterocycles. The van der Waals surface area contributed by atoms with E-state index in [0.717, 1.165) is 25.0 Å². The van der Waals surface area contributed by atoms with Gasteiger partial charge in [-0.2, -0.15) is 22.5 Å². The zero-order chi connectivity index (χ0) is 23.5. The van der Waals surface area contributed by atoms with Gasteiger partial charge in [0.05, 0.1) is 26.0 Å². The lowest BCUT2D eigenvalue weighted by Gasteiger charge is -2.37. The van der Waals surface area contributed by atoms with Gasteiger partial charge in [0, 0.05) is 24.5 Å². The highest BCUT2D eigenvalue weighted by atomic mass is 19.4. The molecule has 1 aliphatic heterocycles. The molecule has 2 aromatic rings. The number of morpholine rings is 1. The van der Waals surface area contributed by atoms with Crippen LogP contribution in [0.4, 0.5) is 34.9 Å². The van der Waals surface area contributed by atoms with E-state index >= 15 is 0 Å². The van der Waals surface area contributed by atoms with Gasteiger partial charge < -0.3 is 24.8 Å². The van der Waals surface area contributed by atoms with Gasteiger partial charge in [0.15, 0.2) is 5.60 Å². The van der Waals surface area contributed by atoms with Crippen molar-refractivity contribution in [3.05, 3.63) is 36.3 Å². The first-order valence-corrected chi connectivity index (χ1v) is 10.9. The van der Waals surface area contributed by atoms with Gasteiger partial charge >= 0.3 is 6.18 Å². The molecule has 1 saturated carbocycles. The van der Waals surface area contributed by atoms with Crippen LogP contribution in [0.15, 0.2) is 30.5 Å². The molecule has 0 unspecified atom stereocenters. The van der Waals surface area contributed by atoms with Crippen LogP contribution in [0.3, 0.4) is 0 Å². The lowest BCUT2D eigenvalue weighted by molar-refractivity contribution is -0.272. The van der Waals surface area contributed by atoms with Crippen molar-refractivity contribution in [2.75, 3.05) is 43.1 Å². The number of hydrogen-bond acceptors (Lipinski definition) is 7. The van der Waals surface area contributed by atoms with Crippen molar-refractivity contribution in [2.45, 2.75) is 37.5 Å². The number of halogens is 4. The fraction of sp³-hybridized carbons (Fsp3) is 0.545. The minimum Gasteiger partial charge on any atom is -0.475 e. The number of alkyl halides is 3. The summed E-state index contributed by atoms with van der Waals surface area (Å²) in [6.07, 6.45) is -4.21. The summed E-state index contributed by atoms with van der Waals surface area (Å²) in [6, 6.07) is 7.64. The fourth-order valence-corrected chi connectivity index (χ4v) is 4.02. The fourth-order valence-electron chi connectivity index (χ4n) is 4.02. The molecule has 0 spiro atoms. The molecule has 180 valence electrons. The summed E-state index contributed by atoms with van der Waals surface area (Å²) in [6.45, 7) is 3.04. The SMILES string of the molecule is OC1(C(F)(F)F)CCC(COc2nc(Nc3ccc(N4CCOCC4)cc3)ncc2F)CC1. The van der Waals surface area contributed by atoms with Crippen LogP contribution in [0.25, 0.3) is 0 Å². The largest absolute Gasteiger partial charge is 0.475 e. The molecule has 0 amide bonds. The van der Waals surface area contributed by atoms with Crippen LogP contribution in [-0.2, 0) is 4.74 Å². The van der Waals surface area contributed by atoms with Crippen LogP contribution in [0.2, 0.25) is 0 Å². The summed E-state index contributed by atoms with van der Waals surface area (Å²) < 4.78 is 63.7. The number of nitrogens with zero attached hydrogens (tertiary/aromatic N) is 3. The van der Waals surface area contributed by atoms with Crippen LogP contribution >= 0.6 is 0 Å². The van der Waals surface area contributed by atoms with E-state index in [4.69, 9.17) is 9.47 Å². The van der Waals surface area contributed by atoms with Crippen LogP contribution in [0.1, 0.15) is 25.7 Å². The normalized spacial score (nSPS) is 23.9. The average Bonchev–Trinajstić information content (AvgIpc) is 2.81. The van der Waals surface area contributed by atoms with E-state index in [1.54, 1.807) is 0 Å². The molecule has 0 radical (unpaired) electrons. The minimum atomic E-state index is -4.65. The maximum atomic E-state index is 14.1. The van der Waals surface area contributed by atoms with E-state index < -0.39 is 30.4 Å². The molecule has 0 atom stereocenters. The molecule has 2 N–H and O–H groups in total. The van der Waals surface area contributed by atoms with Crippen molar-refractivity contribution in [2.24, 2.45) is 5.92 Å². The van der Waals surface area contributed by atoms with E-state index in [9.17, 15) is 22.7 Å². The van der Waals surface area contributed by atoms with Gasteiger partial charge in [-0.05, 0) is 55.9 Å². The lowest BCUT2D eigenvalue weighted by atomic mass is 9.79. The topological polar surface area (TPSA) is 79.7 Å². The predicted molar refractivity (Wildman–Crippen MR) is 113 cm³/mol. The van der Waals surface area contributed by atoms with Crippen LogP contribution in [-0.4, -0.2) is 59.8 Å². The van der Waals surface area contributed by atoms with E-state index in [1.165, 1.54) is 0 Å². The number of aliphatic hydroxyl groups is 1. The van der Waals surface area contributed by atoms with Crippen molar-refractivity contribution in [1.29, 1.82) is 0 Å². The van der Waals surface area contributed by atoms with Crippen molar-refractivity contribution in [3.63, 3.8) is 0 Å². The Balaban J connectivity index is 1.32. The molecule has 2 aliphatic rings. The molecule has 0 bridgehead atoms. The number of ether oxygens (including phenoxy) is 2. The quantitative estimate of drug-likeness (QED) is 0.617. The number of rotatable bonds is 6. The highest BCUT2D eigenvalue weighted by molar-refractivity contribution is 5.59. The third kappa shape index (κ3) is 5.64. The van der Waals surface area contributed by atoms with E-state index in [0.29, 0.717) is 18.9 Å². The Bertz CT molecular complexity index is 928. The van der Waals surface area contributed by atoms with E-state index in [1.807, 2.05) is 24.3 Å². The van der Waals surface area contributed by atoms with Crippen LogP contribution in [0, 0.1) is 11.7 Å². The molecular weight excluding hydrogens is 444 g/mol. The average molecular weight is 470 g/mol. The zero-order valence-corrected chi connectivity index (χ0v) is 17.9. The number of hydrogen-bond donors (Lipinski definition) is 2. The second-order valence-corrected chi connectivity index (χ2v) is 8.40. The first kappa shape index (κ1) is 23.5. The second kappa shape index (κ2) is 9.68. The van der Waals surface area contributed by atoms with Crippen LogP contribution in [0.5, 0.6) is 5.88 Å². The third-order valence-corrected chi connectivity index (χ3v) is 6.13. The number of anilines is 3. The van der Waals surface area contributed by atoms with Gasteiger partial charge in [-0.3, -0.25) is 0 Å². The summed E-state index contributed by atoms with van der Waals surface area (Å²) in [5, 5.41) is 12.8. The van der Waals surface area contributed by atoms with Gasteiger partial charge in [-0.25, -0.2) is 4.98 Å². The van der Waals surface area contributed by atoms with Gasteiger partial charge in [0.25, 0.3) is 5.88 Å². The van der Waals surface area contributed by atoms with E-state index in [2.05, 4.69) is 20.2 Å². The number of nitrogens with one attached hydrogen (secondary N) is 1. The minimum absolute atomic E-state index is 0.00948. The molecule has 11 heteroatoms. The Kier molecular flexibility index (Phi) is 6.89. The highest BCUT2D eigenvalue weighted by Crippen LogP contribution is 2.43. The van der Waals surface area contributed by atoms with Gasteiger partial charge in [0.2, 0.25) is 11.8 Å². The molecule has 1 saturated heterocycles. The summed E-state index contributed by atoms with van der Waals surface area (Å²) in [7, 11) is 0. The Labute approximate surface area is 188 Å². The number of aromatic nitrogens is 2. The molecule has 1 aliphatic carbocycles.